The van der Waals surface area contributed by atoms with Crippen molar-refractivity contribution in [2.24, 2.45) is 0 Å². The maximum Gasteiger partial charge on any atom is 0.211 e. The summed E-state index contributed by atoms with van der Waals surface area (Å²) in [5.74, 6) is 0. The first-order valence-corrected chi connectivity index (χ1v) is 3.39. The van der Waals surface area contributed by atoms with Crippen molar-refractivity contribution < 1.29 is 4.79 Å². The second kappa shape index (κ2) is 15.7. The van der Waals surface area contributed by atoms with Gasteiger partial charge in [0.25, 0.3) is 0 Å². The molecule has 2 heteroatoms. The van der Waals surface area contributed by atoms with E-state index in [1.54, 1.807) is 12.3 Å². The van der Waals surface area contributed by atoms with Gasteiger partial charge in [0.05, 0.1) is 0 Å². The fraction of sp³-hybridized carbons (Fsp3) is 0.375. The smallest absolute Gasteiger partial charge is 0.211 e. The summed E-state index contributed by atoms with van der Waals surface area (Å²) in [6.45, 7) is 5.91. The van der Waals surface area contributed by atoms with E-state index in [2.05, 4.69) is 5.32 Å². The van der Waals surface area contributed by atoms with Gasteiger partial charge in [-0.15, -0.1) is 0 Å². The van der Waals surface area contributed by atoms with Crippen LogP contribution in [0.5, 0.6) is 0 Å². The van der Waals surface area contributed by atoms with Crippen LogP contribution in [-0.4, -0.2) is 6.41 Å². The topological polar surface area (TPSA) is 29.1 Å². The summed E-state index contributed by atoms with van der Waals surface area (Å²) in [5.41, 5.74) is 0. The molecule has 0 atom stereocenters. The van der Waals surface area contributed by atoms with Gasteiger partial charge < -0.3 is 5.32 Å². The van der Waals surface area contributed by atoms with Gasteiger partial charge in [-0.3, -0.25) is 4.79 Å². The molecule has 1 N–H and O–H groups in total. The van der Waals surface area contributed by atoms with E-state index in [4.69, 9.17) is 0 Å². The lowest BCUT2D eigenvalue weighted by molar-refractivity contribution is -0.108. The first-order valence-electron chi connectivity index (χ1n) is 3.39. The molecular formula is C8H15NO. The van der Waals surface area contributed by atoms with E-state index in [-0.39, 0.29) is 0 Å². The van der Waals surface area contributed by atoms with Crippen molar-refractivity contribution in [3.63, 3.8) is 0 Å². The molecule has 0 saturated heterocycles. The largest absolute Gasteiger partial charge is 0.335 e. The molecule has 1 amide bonds. The van der Waals surface area contributed by atoms with Crippen molar-refractivity contribution >= 4 is 6.41 Å². The van der Waals surface area contributed by atoms with Crippen LogP contribution in [0.2, 0.25) is 0 Å². The molecule has 0 saturated carbocycles. The molecule has 58 valence electrons. The standard InChI is InChI=1S/C6H9NO.C2H6/c1-2-3-4-5-7-6-8;1-2/h2-6H,1H3,(H,7,8);1-2H3/b3-2-,5-4-;. The average Bonchev–Trinajstić information content (AvgIpc) is 2.02. The highest BCUT2D eigenvalue weighted by Crippen LogP contribution is 1.69. The normalized spacial score (nSPS) is 9.10. The predicted molar refractivity (Wildman–Crippen MR) is 44.5 cm³/mol. The fourth-order valence-electron chi connectivity index (χ4n) is 0.262. The van der Waals surface area contributed by atoms with Crippen LogP contribution in [0.15, 0.2) is 24.4 Å². The predicted octanol–water partition coefficient (Wildman–Crippen LogP) is 1.85. The van der Waals surface area contributed by atoms with Crippen LogP contribution in [0.3, 0.4) is 0 Å². The molecule has 0 aliphatic carbocycles. The van der Waals surface area contributed by atoms with Crippen LogP contribution in [-0.2, 0) is 4.79 Å². The number of carbonyl (C=O) groups excluding carboxylic acids is 1. The minimum Gasteiger partial charge on any atom is -0.335 e. The Bertz CT molecular complexity index is 106. The summed E-state index contributed by atoms with van der Waals surface area (Å²) in [6.07, 6.45) is 7.64. The lowest BCUT2D eigenvalue weighted by Gasteiger charge is -1.76. The highest BCUT2D eigenvalue weighted by Gasteiger charge is 1.60. The number of amides is 1. The summed E-state index contributed by atoms with van der Waals surface area (Å²) < 4.78 is 0. The van der Waals surface area contributed by atoms with Crippen LogP contribution < -0.4 is 5.32 Å². The number of rotatable bonds is 3. The number of carbonyl (C=O) groups is 1. The van der Waals surface area contributed by atoms with E-state index in [9.17, 15) is 4.79 Å². The molecule has 0 bridgehead atoms. The Morgan fingerprint density at radius 1 is 1.20 bits per heavy atom. The zero-order valence-electron chi connectivity index (χ0n) is 6.79. The average molecular weight is 141 g/mol. The molecule has 2 nitrogen and oxygen atoms in total. The summed E-state index contributed by atoms with van der Waals surface area (Å²) in [7, 11) is 0. The van der Waals surface area contributed by atoms with Gasteiger partial charge in [-0.05, 0) is 13.0 Å². The van der Waals surface area contributed by atoms with E-state index in [0.717, 1.165) is 0 Å². The van der Waals surface area contributed by atoms with E-state index < -0.39 is 0 Å². The van der Waals surface area contributed by atoms with Gasteiger partial charge in [-0.2, -0.15) is 0 Å². The molecule has 0 aromatic rings. The summed E-state index contributed by atoms with van der Waals surface area (Å²) in [5, 5.41) is 2.37. The Morgan fingerprint density at radius 3 is 2.20 bits per heavy atom. The molecule has 0 aliphatic rings. The van der Waals surface area contributed by atoms with Crippen molar-refractivity contribution in [2.45, 2.75) is 20.8 Å². The first-order chi connectivity index (χ1) is 4.91. The van der Waals surface area contributed by atoms with Crippen LogP contribution >= 0.6 is 0 Å². The van der Waals surface area contributed by atoms with Crippen LogP contribution in [0.4, 0.5) is 0 Å². The Labute approximate surface area is 62.6 Å². The third-order valence-electron chi connectivity index (χ3n) is 0.564. The van der Waals surface area contributed by atoms with E-state index in [1.165, 1.54) is 0 Å². The molecule has 0 unspecified atom stereocenters. The minimum absolute atomic E-state index is 0.625. The SMILES string of the molecule is C/C=C\C=C/NC=O.CC. The molecule has 0 fully saturated rings. The quantitative estimate of drug-likeness (QED) is 0.471. The van der Waals surface area contributed by atoms with Crippen molar-refractivity contribution in [1.82, 2.24) is 5.32 Å². The van der Waals surface area contributed by atoms with Crippen LogP contribution in [0.25, 0.3) is 0 Å². The zero-order chi connectivity index (χ0) is 8.24. The van der Waals surface area contributed by atoms with Gasteiger partial charge in [0.15, 0.2) is 0 Å². The van der Waals surface area contributed by atoms with Crippen molar-refractivity contribution in [2.75, 3.05) is 0 Å². The van der Waals surface area contributed by atoms with Gasteiger partial charge in [-0.25, -0.2) is 0 Å². The van der Waals surface area contributed by atoms with E-state index in [1.807, 2.05) is 32.9 Å². The molecule has 0 radical (unpaired) electrons. The van der Waals surface area contributed by atoms with Crippen LogP contribution in [0, 0.1) is 0 Å². The molecule has 0 spiro atoms. The summed E-state index contributed by atoms with van der Waals surface area (Å²) >= 11 is 0. The number of hydrogen-bond acceptors (Lipinski definition) is 1. The maximum atomic E-state index is 9.58. The van der Waals surface area contributed by atoms with Gasteiger partial charge in [0.1, 0.15) is 0 Å². The first kappa shape index (κ1) is 11.7. The number of hydrogen-bond donors (Lipinski definition) is 1. The lowest BCUT2D eigenvalue weighted by atomic mass is 10.5. The Balaban J connectivity index is 0. The second-order valence-electron chi connectivity index (χ2n) is 1.17. The number of allylic oxidation sites excluding steroid dienone is 3. The van der Waals surface area contributed by atoms with Gasteiger partial charge in [0, 0.05) is 6.20 Å². The van der Waals surface area contributed by atoms with Gasteiger partial charge in [-0.1, -0.05) is 26.0 Å². The van der Waals surface area contributed by atoms with Crippen molar-refractivity contribution in [3.8, 4) is 0 Å². The Kier molecular flexibility index (Phi) is 18.4. The molecular weight excluding hydrogens is 126 g/mol. The molecule has 0 aromatic heterocycles. The molecule has 0 aromatic carbocycles. The third kappa shape index (κ3) is 15.8. The van der Waals surface area contributed by atoms with Gasteiger partial charge in [0.2, 0.25) is 6.41 Å². The zero-order valence-corrected chi connectivity index (χ0v) is 6.79. The molecule has 0 aliphatic heterocycles. The van der Waals surface area contributed by atoms with Crippen molar-refractivity contribution in [1.29, 1.82) is 0 Å². The highest BCUT2D eigenvalue weighted by molar-refractivity contribution is 5.47. The second-order valence-corrected chi connectivity index (χ2v) is 1.17. The van der Waals surface area contributed by atoms with Crippen LogP contribution in [0.1, 0.15) is 20.8 Å². The third-order valence-corrected chi connectivity index (χ3v) is 0.564. The van der Waals surface area contributed by atoms with Crippen molar-refractivity contribution in [3.05, 3.63) is 24.4 Å². The highest BCUT2D eigenvalue weighted by atomic mass is 16.1. The Morgan fingerprint density at radius 2 is 1.80 bits per heavy atom. The number of nitrogens with one attached hydrogen (secondary N) is 1. The monoisotopic (exact) mass is 141 g/mol. The van der Waals surface area contributed by atoms with E-state index >= 15 is 0 Å². The Hall–Kier alpha value is -1.05. The maximum absolute atomic E-state index is 9.58. The molecule has 10 heavy (non-hydrogen) atoms. The van der Waals surface area contributed by atoms with Gasteiger partial charge >= 0.3 is 0 Å². The molecule has 0 rings (SSSR count). The minimum atomic E-state index is 0.625. The van der Waals surface area contributed by atoms with E-state index in [0.29, 0.717) is 6.41 Å². The fourth-order valence-corrected chi connectivity index (χ4v) is 0.262. The summed E-state index contributed by atoms with van der Waals surface area (Å²) in [4.78, 5) is 9.58. The molecule has 0 heterocycles. The summed E-state index contributed by atoms with van der Waals surface area (Å²) in [6, 6.07) is 0. The lowest BCUT2D eigenvalue weighted by Crippen LogP contribution is -1.97.